The first-order valence-corrected chi connectivity index (χ1v) is 9.91. The van der Waals surface area contributed by atoms with Crippen LogP contribution in [0, 0.1) is 0 Å². The van der Waals surface area contributed by atoms with Gasteiger partial charge in [0.05, 0.1) is 23.8 Å². The molecule has 8 heteroatoms. The van der Waals surface area contributed by atoms with Crippen molar-refractivity contribution in [1.29, 1.82) is 0 Å². The fourth-order valence-electron chi connectivity index (χ4n) is 3.28. The molecular formula is C21H21ClN6O. The third-order valence-corrected chi connectivity index (χ3v) is 5.03. The lowest BCUT2D eigenvalue weighted by Gasteiger charge is -2.14. The van der Waals surface area contributed by atoms with Crippen molar-refractivity contribution in [1.82, 2.24) is 23.9 Å². The van der Waals surface area contributed by atoms with Crippen molar-refractivity contribution in [2.75, 3.05) is 5.73 Å². The van der Waals surface area contributed by atoms with Crippen molar-refractivity contribution >= 4 is 23.2 Å². The predicted octanol–water partition coefficient (Wildman–Crippen LogP) is 4.05. The second-order valence-electron chi connectivity index (χ2n) is 6.86. The molecule has 0 amide bonds. The van der Waals surface area contributed by atoms with Gasteiger partial charge < -0.3 is 10.3 Å². The van der Waals surface area contributed by atoms with E-state index in [1.54, 1.807) is 22.9 Å². The van der Waals surface area contributed by atoms with Crippen LogP contribution in [0.2, 0.25) is 5.02 Å². The third-order valence-electron chi connectivity index (χ3n) is 4.78. The lowest BCUT2D eigenvalue weighted by atomic mass is 10.2. The SMILES string of the molecule is CCCCCn1c(-c2cnc(N)cn2)cc(=O)n2cc(-c3ccc(Cl)cc3)nc12. The lowest BCUT2D eigenvalue weighted by molar-refractivity contribution is 0.605. The summed E-state index contributed by atoms with van der Waals surface area (Å²) in [5.74, 6) is 0.910. The molecule has 2 N–H and O–H groups in total. The minimum Gasteiger partial charge on any atom is -0.382 e. The van der Waals surface area contributed by atoms with E-state index in [0.717, 1.165) is 31.4 Å². The Hall–Kier alpha value is -3.19. The number of aryl methyl sites for hydroxylation is 1. The molecule has 4 rings (SSSR count). The first kappa shape index (κ1) is 19.1. The van der Waals surface area contributed by atoms with Gasteiger partial charge in [-0.3, -0.25) is 9.20 Å². The molecule has 0 saturated heterocycles. The molecule has 0 radical (unpaired) electrons. The van der Waals surface area contributed by atoms with Gasteiger partial charge in [-0.05, 0) is 18.6 Å². The van der Waals surface area contributed by atoms with Crippen molar-refractivity contribution in [3.63, 3.8) is 0 Å². The number of unbranched alkanes of at least 4 members (excludes halogenated alkanes) is 2. The number of imidazole rings is 1. The Labute approximate surface area is 172 Å². The van der Waals surface area contributed by atoms with Crippen LogP contribution in [0.15, 0.2) is 53.7 Å². The molecule has 29 heavy (non-hydrogen) atoms. The third kappa shape index (κ3) is 3.86. The second kappa shape index (κ2) is 8.05. The number of nitrogens with two attached hydrogens (primary N) is 1. The number of fused-ring (bicyclic) bond motifs is 1. The van der Waals surface area contributed by atoms with Crippen LogP contribution < -0.4 is 11.3 Å². The number of hydrogen-bond acceptors (Lipinski definition) is 5. The zero-order valence-electron chi connectivity index (χ0n) is 16.0. The van der Waals surface area contributed by atoms with Crippen molar-refractivity contribution in [2.45, 2.75) is 32.7 Å². The van der Waals surface area contributed by atoms with Crippen LogP contribution in [0.5, 0.6) is 0 Å². The number of rotatable bonds is 6. The normalized spacial score (nSPS) is 11.2. The number of anilines is 1. The van der Waals surface area contributed by atoms with Gasteiger partial charge in [0.25, 0.3) is 5.56 Å². The highest BCUT2D eigenvalue weighted by molar-refractivity contribution is 6.30. The minimum atomic E-state index is -0.173. The lowest BCUT2D eigenvalue weighted by Crippen LogP contribution is -2.19. The van der Waals surface area contributed by atoms with Crippen LogP contribution in [0.3, 0.4) is 0 Å². The Kier molecular flexibility index (Phi) is 5.31. The maximum absolute atomic E-state index is 12.8. The second-order valence-corrected chi connectivity index (χ2v) is 7.29. The standard InChI is InChI=1S/C21H21ClN6O/c1-2-3-4-9-27-18(16-11-25-19(23)12-24-16)10-20(29)28-13-17(26-21(27)28)14-5-7-15(22)8-6-14/h5-8,10-13H,2-4,9H2,1H3,(H2,23,25). The summed E-state index contributed by atoms with van der Waals surface area (Å²) in [6.45, 7) is 2.87. The molecule has 148 valence electrons. The van der Waals surface area contributed by atoms with Crippen LogP contribution in [0.4, 0.5) is 5.82 Å². The van der Waals surface area contributed by atoms with E-state index in [0.29, 0.717) is 33.7 Å². The van der Waals surface area contributed by atoms with Gasteiger partial charge in [-0.25, -0.2) is 15.0 Å². The van der Waals surface area contributed by atoms with E-state index in [2.05, 4.69) is 16.9 Å². The van der Waals surface area contributed by atoms with Gasteiger partial charge >= 0.3 is 0 Å². The molecule has 0 bridgehead atoms. The summed E-state index contributed by atoms with van der Waals surface area (Å²) < 4.78 is 3.60. The van der Waals surface area contributed by atoms with Gasteiger partial charge in [0.1, 0.15) is 11.5 Å². The molecule has 0 aliphatic heterocycles. The van der Waals surface area contributed by atoms with Crippen LogP contribution in [0.25, 0.3) is 28.4 Å². The summed E-state index contributed by atoms with van der Waals surface area (Å²) in [6, 6.07) is 8.98. The van der Waals surface area contributed by atoms with E-state index in [9.17, 15) is 4.79 Å². The van der Waals surface area contributed by atoms with Gasteiger partial charge in [0.15, 0.2) is 0 Å². The molecule has 7 nitrogen and oxygen atoms in total. The summed E-state index contributed by atoms with van der Waals surface area (Å²) >= 11 is 6.00. The first-order chi connectivity index (χ1) is 14.1. The number of halogens is 1. The van der Waals surface area contributed by atoms with Crippen molar-refractivity contribution < 1.29 is 0 Å². The Bertz CT molecular complexity index is 1200. The first-order valence-electron chi connectivity index (χ1n) is 9.53. The Morgan fingerprint density at radius 1 is 1.07 bits per heavy atom. The van der Waals surface area contributed by atoms with E-state index in [1.165, 1.54) is 6.20 Å². The van der Waals surface area contributed by atoms with E-state index in [1.807, 2.05) is 28.8 Å². The summed E-state index contributed by atoms with van der Waals surface area (Å²) in [4.78, 5) is 26.1. The summed E-state index contributed by atoms with van der Waals surface area (Å²) in [6.07, 6.45) is 7.97. The summed E-state index contributed by atoms with van der Waals surface area (Å²) in [5, 5.41) is 0.654. The molecule has 0 saturated carbocycles. The number of aromatic nitrogens is 5. The van der Waals surface area contributed by atoms with Crippen molar-refractivity contribution in [3.05, 3.63) is 64.3 Å². The average molecular weight is 409 g/mol. The average Bonchev–Trinajstić information content (AvgIpc) is 3.17. The zero-order valence-corrected chi connectivity index (χ0v) is 16.8. The van der Waals surface area contributed by atoms with Crippen LogP contribution in [0.1, 0.15) is 26.2 Å². The maximum Gasteiger partial charge on any atom is 0.259 e. The highest BCUT2D eigenvalue weighted by Gasteiger charge is 2.16. The van der Waals surface area contributed by atoms with Crippen LogP contribution >= 0.6 is 11.6 Å². The Morgan fingerprint density at radius 2 is 1.86 bits per heavy atom. The van der Waals surface area contributed by atoms with E-state index in [4.69, 9.17) is 22.3 Å². The van der Waals surface area contributed by atoms with E-state index >= 15 is 0 Å². The topological polar surface area (TPSA) is 91.1 Å². The fraction of sp³-hybridized carbons (Fsp3) is 0.238. The number of hydrogen-bond donors (Lipinski definition) is 1. The van der Waals surface area contributed by atoms with Crippen molar-refractivity contribution in [3.8, 4) is 22.6 Å². The summed E-state index contributed by atoms with van der Waals surface area (Å²) in [5.41, 5.74) is 8.37. The smallest absolute Gasteiger partial charge is 0.259 e. The number of nitrogens with zero attached hydrogens (tertiary/aromatic N) is 5. The molecule has 0 fully saturated rings. The number of benzene rings is 1. The molecule has 0 aliphatic rings. The van der Waals surface area contributed by atoms with Crippen LogP contribution in [-0.2, 0) is 6.54 Å². The Morgan fingerprint density at radius 3 is 2.55 bits per heavy atom. The molecule has 1 aromatic carbocycles. The molecule has 4 aromatic rings. The zero-order chi connectivity index (χ0) is 20.4. The minimum absolute atomic E-state index is 0.173. The van der Waals surface area contributed by atoms with Gasteiger partial charge in [-0.15, -0.1) is 0 Å². The molecule has 0 aliphatic carbocycles. The molecule has 3 heterocycles. The van der Waals surface area contributed by atoms with Gasteiger partial charge in [0, 0.05) is 29.4 Å². The molecule has 0 spiro atoms. The maximum atomic E-state index is 12.8. The monoisotopic (exact) mass is 408 g/mol. The Balaban J connectivity index is 1.90. The highest BCUT2D eigenvalue weighted by atomic mass is 35.5. The predicted molar refractivity (Wildman–Crippen MR) is 115 cm³/mol. The quantitative estimate of drug-likeness (QED) is 0.486. The highest BCUT2D eigenvalue weighted by Crippen LogP contribution is 2.24. The molecule has 0 atom stereocenters. The number of nitrogen functional groups attached to an aromatic ring is 1. The fourth-order valence-corrected chi connectivity index (χ4v) is 3.40. The van der Waals surface area contributed by atoms with Crippen molar-refractivity contribution in [2.24, 2.45) is 0 Å². The van der Waals surface area contributed by atoms with E-state index in [-0.39, 0.29) is 5.56 Å². The van der Waals surface area contributed by atoms with Crippen LogP contribution in [-0.4, -0.2) is 23.9 Å². The van der Waals surface area contributed by atoms with Gasteiger partial charge in [-0.1, -0.05) is 43.5 Å². The van der Waals surface area contributed by atoms with E-state index < -0.39 is 0 Å². The largest absolute Gasteiger partial charge is 0.382 e. The van der Waals surface area contributed by atoms with Gasteiger partial charge in [-0.2, -0.15) is 0 Å². The molecule has 0 unspecified atom stereocenters. The molecule has 3 aromatic heterocycles. The summed E-state index contributed by atoms with van der Waals surface area (Å²) in [7, 11) is 0. The molecular weight excluding hydrogens is 388 g/mol. The van der Waals surface area contributed by atoms with Gasteiger partial charge in [0.2, 0.25) is 5.78 Å².